The molecule has 0 aromatic heterocycles. The van der Waals surface area contributed by atoms with Crippen LogP contribution in [0.25, 0.3) is 0 Å². The Balaban J connectivity index is 0.00000512. The molecule has 0 radical (unpaired) electrons. The van der Waals surface area contributed by atoms with Crippen molar-refractivity contribution in [2.45, 2.75) is 88.0 Å². The number of alkyl halides is 1. The molecule has 2 nitrogen and oxygen atoms in total. The van der Waals surface area contributed by atoms with Crippen molar-refractivity contribution < 1.29 is 22.0 Å². The second-order valence-corrected chi connectivity index (χ2v) is 10.8. The van der Waals surface area contributed by atoms with E-state index in [1.165, 1.54) is 64.2 Å². The molecule has 1 aromatic carbocycles. The first-order valence-corrected chi connectivity index (χ1v) is 12.8. The number of hydrogen-bond donors (Lipinski definition) is 1. The van der Waals surface area contributed by atoms with Crippen LogP contribution in [0.4, 0.5) is 0 Å². The lowest BCUT2D eigenvalue weighted by molar-refractivity contribution is -0.898. The van der Waals surface area contributed by atoms with Crippen molar-refractivity contribution in [2.75, 3.05) is 27.2 Å². The number of hydrogen-bond acceptors (Lipinski definition) is 1. The average Bonchev–Trinajstić information content (AvgIpc) is 2.76. The molecule has 1 aliphatic carbocycles. The van der Waals surface area contributed by atoms with Crippen molar-refractivity contribution in [1.29, 1.82) is 0 Å². The highest BCUT2D eigenvalue weighted by molar-refractivity contribution is 6.26. The number of quaternary nitrogens is 1. The molecule has 2 atom stereocenters. The van der Waals surface area contributed by atoms with Gasteiger partial charge in [0.1, 0.15) is 11.4 Å². The summed E-state index contributed by atoms with van der Waals surface area (Å²) in [5.74, 6) is 0. The molecule has 0 amide bonds. The molecule has 2 unspecified atom stereocenters. The fraction of sp³-hybridized carbons (Fsp3) is 0.643. The molecule has 32 heavy (non-hydrogen) atoms. The Labute approximate surface area is 208 Å². The van der Waals surface area contributed by atoms with Crippen LogP contribution in [0.1, 0.15) is 83.1 Å². The van der Waals surface area contributed by atoms with Crippen LogP contribution in [0.15, 0.2) is 54.6 Å². The van der Waals surface area contributed by atoms with Gasteiger partial charge >= 0.3 is 0 Å². The second kappa shape index (κ2) is 14.5. The van der Waals surface area contributed by atoms with Crippen molar-refractivity contribution in [3.05, 3.63) is 60.2 Å². The number of aliphatic hydroxyl groups is 1. The molecule has 1 aliphatic rings. The Hall–Kier alpha value is -0.800. The zero-order valence-electron chi connectivity index (χ0n) is 20.5. The maximum atomic E-state index is 12.0. The second-order valence-electron chi connectivity index (χ2n) is 10.1. The van der Waals surface area contributed by atoms with E-state index in [-0.39, 0.29) is 12.4 Å². The van der Waals surface area contributed by atoms with Gasteiger partial charge in [-0.15, -0.1) is 11.6 Å². The minimum Gasteiger partial charge on any atom is -1.00 e. The molecule has 0 spiro atoms. The van der Waals surface area contributed by atoms with E-state index in [0.717, 1.165) is 16.6 Å². The Morgan fingerprint density at radius 1 is 0.906 bits per heavy atom. The van der Waals surface area contributed by atoms with Crippen LogP contribution in [-0.2, 0) is 5.60 Å². The molecule has 0 heterocycles. The largest absolute Gasteiger partial charge is 1.00 e. The van der Waals surface area contributed by atoms with Gasteiger partial charge < -0.3 is 22.0 Å². The summed E-state index contributed by atoms with van der Waals surface area (Å²) in [5, 5.41) is 12.0. The number of allylic oxidation sites excluding steroid dienone is 3. The highest BCUT2D eigenvalue weighted by atomic mass is 35.5. The monoisotopic (exact) mass is 481 g/mol. The third kappa shape index (κ3) is 8.86. The number of rotatable bonds is 15. The van der Waals surface area contributed by atoms with E-state index in [0.29, 0.717) is 13.0 Å². The molecule has 1 aromatic rings. The molecule has 2 rings (SSSR count). The molecular weight excluding hydrogens is 437 g/mol. The Morgan fingerprint density at radius 3 is 2.00 bits per heavy atom. The molecule has 182 valence electrons. The Morgan fingerprint density at radius 2 is 1.47 bits per heavy atom. The number of nitrogens with zero attached hydrogens (tertiary/aromatic N) is 1. The smallest absolute Gasteiger partial charge is 0.161 e. The number of halogens is 2. The fourth-order valence-electron chi connectivity index (χ4n) is 4.80. The van der Waals surface area contributed by atoms with Crippen LogP contribution in [0.3, 0.4) is 0 Å². The van der Waals surface area contributed by atoms with Gasteiger partial charge in [0.15, 0.2) is 5.60 Å². The van der Waals surface area contributed by atoms with Gasteiger partial charge in [-0.3, -0.25) is 0 Å². The summed E-state index contributed by atoms with van der Waals surface area (Å²) in [5.41, 5.74) is -0.224. The highest BCUT2D eigenvalue weighted by Crippen LogP contribution is 2.44. The van der Waals surface area contributed by atoms with E-state index in [2.05, 4.69) is 27.1 Å². The summed E-state index contributed by atoms with van der Waals surface area (Å²) in [6, 6.07) is 10.00. The molecule has 4 heteroatoms. The minimum atomic E-state index is -1.13. The number of unbranched alkanes of at least 4 members (excludes halogenated alkanes) is 9. The van der Waals surface area contributed by atoms with Crippen molar-refractivity contribution in [1.82, 2.24) is 0 Å². The lowest BCUT2D eigenvalue weighted by Crippen LogP contribution is -3.00. The molecule has 0 saturated carbocycles. The van der Waals surface area contributed by atoms with E-state index < -0.39 is 10.5 Å². The topological polar surface area (TPSA) is 20.2 Å². The number of benzene rings is 1. The lowest BCUT2D eigenvalue weighted by atomic mass is 9.76. The highest BCUT2D eigenvalue weighted by Gasteiger charge is 2.52. The van der Waals surface area contributed by atoms with Gasteiger partial charge in [-0.05, 0) is 24.8 Å². The summed E-state index contributed by atoms with van der Waals surface area (Å²) < 4.78 is 0.758. The summed E-state index contributed by atoms with van der Waals surface area (Å²) in [4.78, 5) is -0.823. The SMILES string of the molecule is CCCCCCCCCCCC[N+](C)(C)CC(O)(c1ccccc1)C1(Cl)C=CC=CC1.[Cl-]. The van der Waals surface area contributed by atoms with Crippen LogP contribution in [0.5, 0.6) is 0 Å². The lowest BCUT2D eigenvalue weighted by Gasteiger charge is -2.46. The quantitative estimate of drug-likeness (QED) is 0.224. The van der Waals surface area contributed by atoms with E-state index in [4.69, 9.17) is 11.6 Å². The van der Waals surface area contributed by atoms with Crippen LogP contribution >= 0.6 is 11.6 Å². The van der Waals surface area contributed by atoms with Crippen LogP contribution in [0.2, 0.25) is 0 Å². The average molecular weight is 483 g/mol. The van der Waals surface area contributed by atoms with E-state index in [1.54, 1.807) is 0 Å². The van der Waals surface area contributed by atoms with E-state index in [9.17, 15) is 5.11 Å². The van der Waals surface area contributed by atoms with Crippen LogP contribution in [0, 0.1) is 0 Å². The molecule has 0 bridgehead atoms. The van der Waals surface area contributed by atoms with Gasteiger partial charge in [-0.1, -0.05) is 113 Å². The van der Waals surface area contributed by atoms with Gasteiger partial charge in [0, 0.05) is 0 Å². The summed E-state index contributed by atoms with van der Waals surface area (Å²) >= 11 is 7.09. The van der Waals surface area contributed by atoms with Crippen molar-refractivity contribution >= 4 is 11.6 Å². The van der Waals surface area contributed by atoms with E-state index in [1.807, 2.05) is 48.6 Å². The molecule has 0 aliphatic heterocycles. The third-order valence-corrected chi connectivity index (χ3v) is 7.33. The first kappa shape index (κ1) is 29.2. The molecule has 1 N–H and O–H groups in total. The zero-order valence-corrected chi connectivity index (χ0v) is 22.1. The number of likely N-dealkylation sites (N-methyl/N-ethyl adjacent to an activating group) is 1. The summed E-state index contributed by atoms with van der Waals surface area (Å²) in [7, 11) is 4.45. The Bertz CT molecular complexity index is 688. The maximum Gasteiger partial charge on any atom is 0.161 e. The normalized spacial score (nSPS) is 20.0. The van der Waals surface area contributed by atoms with Gasteiger partial charge in [0.2, 0.25) is 0 Å². The first-order chi connectivity index (χ1) is 14.8. The van der Waals surface area contributed by atoms with E-state index >= 15 is 0 Å². The zero-order chi connectivity index (χ0) is 22.6. The summed E-state index contributed by atoms with van der Waals surface area (Å²) in [6.07, 6.45) is 22.1. The van der Waals surface area contributed by atoms with Crippen molar-refractivity contribution in [3.8, 4) is 0 Å². The van der Waals surface area contributed by atoms with Crippen LogP contribution in [-0.4, -0.2) is 41.6 Å². The fourth-order valence-corrected chi connectivity index (χ4v) is 5.13. The minimum absolute atomic E-state index is 0. The van der Waals surface area contributed by atoms with Gasteiger partial charge in [-0.2, -0.15) is 0 Å². The first-order valence-electron chi connectivity index (χ1n) is 12.5. The van der Waals surface area contributed by atoms with Crippen LogP contribution < -0.4 is 12.4 Å². The third-order valence-electron chi connectivity index (χ3n) is 6.74. The van der Waals surface area contributed by atoms with Crippen molar-refractivity contribution in [3.63, 3.8) is 0 Å². The Kier molecular flexibility index (Phi) is 13.2. The predicted octanol–water partition coefficient (Wildman–Crippen LogP) is 4.37. The molecule has 0 fully saturated rings. The predicted molar refractivity (Wildman–Crippen MR) is 136 cm³/mol. The van der Waals surface area contributed by atoms with Gasteiger partial charge in [-0.25, -0.2) is 0 Å². The van der Waals surface area contributed by atoms with Crippen molar-refractivity contribution in [2.24, 2.45) is 0 Å². The molecular formula is C28H45Cl2NO. The summed E-state index contributed by atoms with van der Waals surface area (Å²) in [6.45, 7) is 3.92. The van der Waals surface area contributed by atoms with Gasteiger partial charge in [0.25, 0.3) is 0 Å². The van der Waals surface area contributed by atoms with Gasteiger partial charge in [0.05, 0.1) is 20.6 Å². The molecule has 0 saturated heterocycles. The maximum absolute atomic E-state index is 12.0. The standard InChI is InChI=1S/C28H45ClNO.ClH/c1-4-5-6-7-8-9-10-11-12-19-24-30(2,3)25-28(31,26-20-15-13-16-21-26)27(29)22-17-14-18-23-27;/h13-18,20-22,31H,4-12,19,23-25H2,1-3H3;1H/q+1;/p-1.